The first-order chi connectivity index (χ1) is 14.4. The van der Waals surface area contributed by atoms with Crippen molar-refractivity contribution in [1.29, 1.82) is 0 Å². The minimum atomic E-state index is -3.79. The first-order valence-corrected chi connectivity index (χ1v) is 11.3. The summed E-state index contributed by atoms with van der Waals surface area (Å²) in [6.07, 6.45) is 2.20. The van der Waals surface area contributed by atoms with Crippen LogP contribution in [0, 0.1) is 13.8 Å². The van der Waals surface area contributed by atoms with Gasteiger partial charge >= 0.3 is 0 Å². The number of benzene rings is 3. The summed E-state index contributed by atoms with van der Waals surface area (Å²) in [6.45, 7) is 3.97. The highest BCUT2D eigenvalue weighted by Crippen LogP contribution is 2.44. The molecular formula is C25H25NO3S. The van der Waals surface area contributed by atoms with Gasteiger partial charge in [-0.3, -0.25) is 0 Å². The molecule has 154 valence electrons. The van der Waals surface area contributed by atoms with Crippen LogP contribution in [-0.4, -0.2) is 15.5 Å². The lowest BCUT2D eigenvalue weighted by atomic mass is 9.97. The highest BCUT2D eigenvalue weighted by molar-refractivity contribution is 7.93. The van der Waals surface area contributed by atoms with Crippen LogP contribution in [0.15, 0.2) is 83.4 Å². The third-order valence-electron chi connectivity index (χ3n) is 5.41. The molecule has 0 radical (unpaired) electrons. The molecule has 5 heteroatoms. The highest BCUT2D eigenvalue weighted by Gasteiger charge is 2.36. The van der Waals surface area contributed by atoms with Crippen molar-refractivity contribution in [2.75, 3.05) is 11.4 Å². The van der Waals surface area contributed by atoms with Crippen LogP contribution in [0.2, 0.25) is 0 Å². The van der Waals surface area contributed by atoms with Gasteiger partial charge in [0, 0.05) is 24.8 Å². The second-order valence-electron chi connectivity index (χ2n) is 7.62. The number of anilines is 1. The zero-order valence-corrected chi connectivity index (χ0v) is 18.2. The molecule has 0 saturated carbocycles. The van der Waals surface area contributed by atoms with Crippen molar-refractivity contribution in [2.24, 2.45) is 0 Å². The minimum absolute atomic E-state index is 0.206. The molecule has 1 unspecified atom stereocenters. The molecule has 0 aliphatic carbocycles. The third-order valence-corrected chi connectivity index (χ3v) is 7.19. The number of fused-ring (bicyclic) bond motifs is 1. The Morgan fingerprint density at radius 2 is 1.50 bits per heavy atom. The Morgan fingerprint density at radius 1 is 0.900 bits per heavy atom. The number of para-hydroxylation sites is 1. The number of hydrogen-bond acceptors (Lipinski definition) is 3. The van der Waals surface area contributed by atoms with Gasteiger partial charge in [0.2, 0.25) is 0 Å². The molecule has 0 bridgehead atoms. The molecule has 0 fully saturated rings. The molecule has 1 heterocycles. The zero-order valence-electron chi connectivity index (χ0n) is 17.4. The lowest BCUT2D eigenvalue weighted by Crippen LogP contribution is -2.35. The van der Waals surface area contributed by atoms with Gasteiger partial charge in [0.25, 0.3) is 10.0 Å². The molecule has 0 aromatic heterocycles. The number of methoxy groups -OCH3 is 1. The number of rotatable bonds is 4. The number of sulfonamides is 1. The van der Waals surface area contributed by atoms with Crippen molar-refractivity contribution < 1.29 is 13.2 Å². The Bertz CT molecular complexity index is 1180. The summed E-state index contributed by atoms with van der Waals surface area (Å²) in [5.41, 5.74) is 5.32. The standard InChI is InChI=1S/C25H25NO3S/c1-18-8-12-20(13-9-18)16-21-17-25(29-3)23-6-4-5-7-24(23)26(21)30(27,28)22-14-10-19(2)11-15-22/h4-16,25H,17H2,1-3H3/b21-16+. The van der Waals surface area contributed by atoms with Crippen LogP contribution in [0.5, 0.6) is 0 Å². The van der Waals surface area contributed by atoms with Crippen LogP contribution < -0.4 is 4.31 Å². The molecule has 3 aromatic carbocycles. The van der Waals surface area contributed by atoms with Crippen LogP contribution in [0.25, 0.3) is 6.08 Å². The van der Waals surface area contributed by atoms with Gasteiger partial charge in [-0.2, -0.15) is 0 Å². The SMILES string of the molecule is COC1C/C(=C\c2ccc(C)cc2)N(S(=O)(=O)c2ccc(C)cc2)c2ccccc21. The van der Waals surface area contributed by atoms with Crippen molar-refractivity contribution in [3.63, 3.8) is 0 Å². The smallest absolute Gasteiger partial charge is 0.268 e. The molecule has 0 saturated heterocycles. The van der Waals surface area contributed by atoms with Crippen LogP contribution in [0.3, 0.4) is 0 Å². The highest BCUT2D eigenvalue weighted by atomic mass is 32.2. The summed E-state index contributed by atoms with van der Waals surface area (Å²) in [7, 11) is -2.13. The maximum absolute atomic E-state index is 13.8. The van der Waals surface area contributed by atoms with E-state index in [1.54, 1.807) is 19.2 Å². The van der Waals surface area contributed by atoms with Crippen LogP contribution in [0.4, 0.5) is 5.69 Å². The number of aryl methyl sites for hydroxylation is 2. The Balaban J connectivity index is 1.91. The maximum atomic E-state index is 13.8. The van der Waals surface area contributed by atoms with Gasteiger partial charge in [0.1, 0.15) is 0 Å². The molecule has 3 aromatic rings. The second-order valence-corrected chi connectivity index (χ2v) is 9.40. The van der Waals surface area contributed by atoms with Gasteiger partial charge < -0.3 is 4.74 Å². The molecule has 0 spiro atoms. The van der Waals surface area contributed by atoms with Gasteiger partial charge in [-0.25, -0.2) is 12.7 Å². The molecule has 4 rings (SSSR count). The normalized spacial score (nSPS) is 17.8. The predicted molar refractivity (Wildman–Crippen MR) is 121 cm³/mol. The quantitative estimate of drug-likeness (QED) is 0.550. The van der Waals surface area contributed by atoms with Gasteiger partial charge in [-0.1, -0.05) is 65.7 Å². The van der Waals surface area contributed by atoms with E-state index in [2.05, 4.69) is 0 Å². The van der Waals surface area contributed by atoms with Gasteiger partial charge in [-0.05, 0) is 43.7 Å². The van der Waals surface area contributed by atoms with Crippen molar-refractivity contribution in [3.05, 3.63) is 101 Å². The van der Waals surface area contributed by atoms with E-state index in [4.69, 9.17) is 4.74 Å². The average Bonchev–Trinajstić information content (AvgIpc) is 2.74. The molecular weight excluding hydrogens is 394 g/mol. The fourth-order valence-electron chi connectivity index (χ4n) is 3.76. The van der Waals surface area contributed by atoms with E-state index >= 15 is 0 Å². The molecule has 0 N–H and O–H groups in total. The van der Waals surface area contributed by atoms with E-state index in [1.165, 1.54) is 4.31 Å². The van der Waals surface area contributed by atoms with E-state index in [0.717, 1.165) is 22.3 Å². The zero-order chi connectivity index (χ0) is 21.3. The van der Waals surface area contributed by atoms with Crippen LogP contribution in [-0.2, 0) is 14.8 Å². The molecule has 0 amide bonds. The fourth-order valence-corrected chi connectivity index (χ4v) is 5.32. The Kier molecular flexibility index (Phi) is 5.50. The molecule has 4 nitrogen and oxygen atoms in total. The summed E-state index contributed by atoms with van der Waals surface area (Å²) in [5.74, 6) is 0. The summed E-state index contributed by atoms with van der Waals surface area (Å²) in [6, 6.07) is 22.6. The lowest BCUT2D eigenvalue weighted by Gasteiger charge is -2.36. The largest absolute Gasteiger partial charge is 0.376 e. The topological polar surface area (TPSA) is 46.6 Å². The molecule has 1 aliphatic rings. The van der Waals surface area contributed by atoms with Gasteiger partial charge in [0.05, 0.1) is 16.7 Å². The fraction of sp³-hybridized carbons (Fsp3) is 0.200. The van der Waals surface area contributed by atoms with Gasteiger partial charge in [-0.15, -0.1) is 0 Å². The van der Waals surface area contributed by atoms with Crippen molar-refractivity contribution in [1.82, 2.24) is 0 Å². The Hall–Kier alpha value is -2.89. The first-order valence-electron chi connectivity index (χ1n) is 9.91. The van der Waals surface area contributed by atoms with E-state index in [-0.39, 0.29) is 11.0 Å². The predicted octanol–water partition coefficient (Wildman–Crippen LogP) is 5.63. The summed E-state index contributed by atoms with van der Waals surface area (Å²) < 4.78 is 34.7. The summed E-state index contributed by atoms with van der Waals surface area (Å²) >= 11 is 0. The van der Waals surface area contributed by atoms with Crippen LogP contribution >= 0.6 is 0 Å². The number of hydrogen-bond donors (Lipinski definition) is 0. The monoisotopic (exact) mass is 419 g/mol. The summed E-state index contributed by atoms with van der Waals surface area (Å²) in [5, 5.41) is 0. The lowest BCUT2D eigenvalue weighted by molar-refractivity contribution is 0.102. The van der Waals surface area contributed by atoms with Crippen molar-refractivity contribution in [2.45, 2.75) is 31.3 Å². The average molecular weight is 420 g/mol. The third kappa shape index (κ3) is 3.78. The number of ether oxygens (including phenoxy) is 1. The van der Waals surface area contributed by atoms with Crippen molar-refractivity contribution >= 4 is 21.8 Å². The Morgan fingerprint density at radius 3 is 2.13 bits per heavy atom. The summed E-state index contributed by atoms with van der Waals surface area (Å²) in [4.78, 5) is 0.272. The minimum Gasteiger partial charge on any atom is -0.376 e. The van der Waals surface area contributed by atoms with E-state index in [0.29, 0.717) is 17.8 Å². The van der Waals surface area contributed by atoms with Crippen LogP contribution in [0.1, 0.15) is 34.8 Å². The molecule has 1 atom stereocenters. The number of nitrogens with zero attached hydrogens (tertiary/aromatic N) is 1. The second kappa shape index (κ2) is 8.09. The van der Waals surface area contributed by atoms with Crippen molar-refractivity contribution in [3.8, 4) is 0 Å². The first kappa shape index (κ1) is 20.4. The molecule has 30 heavy (non-hydrogen) atoms. The van der Waals surface area contributed by atoms with E-state index in [1.807, 2.05) is 80.6 Å². The van der Waals surface area contributed by atoms with E-state index in [9.17, 15) is 8.42 Å². The maximum Gasteiger partial charge on any atom is 0.268 e. The molecule has 1 aliphatic heterocycles. The van der Waals surface area contributed by atoms with Gasteiger partial charge in [0.15, 0.2) is 0 Å². The van der Waals surface area contributed by atoms with E-state index < -0.39 is 10.0 Å². The Labute approximate surface area is 178 Å².